The number of carbonyl (C=O) groups excluding carboxylic acids is 3. The molecule has 1 N–H and O–H groups in total. The lowest BCUT2D eigenvalue weighted by atomic mass is 10.0. The lowest BCUT2D eigenvalue weighted by Crippen LogP contribution is -2.10. The predicted octanol–water partition coefficient (Wildman–Crippen LogP) is 7.17. The van der Waals surface area contributed by atoms with Crippen LogP contribution in [0, 0.1) is 0 Å². The number of allylic oxidation sites excluding steroid dienone is 1. The van der Waals surface area contributed by atoms with Gasteiger partial charge in [0.2, 0.25) is 0 Å². The lowest BCUT2D eigenvalue weighted by molar-refractivity contribution is -0.140. The molecule has 0 aliphatic heterocycles. The van der Waals surface area contributed by atoms with Gasteiger partial charge in [0.05, 0.1) is 38.6 Å². The summed E-state index contributed by atoms with van der Waals surface area (Å²) in [5, 5.41) is 8.85. The molecular formula is C38H42O8. The van der Waals surface area contributed by atoms with Gasteiger partial charge in [-0.1, -0.05) is 55.6 Å². The molecule has 3 aromatic rings. The molecule has 0 aliphatic carbocycles. The number of esters is 2. The van der Waals surface area contributed by atoms with Crippen LogP contribution in [0.15, 0.2) is 104 Å². The summed E-state index contributed by atoms with van der Waals surface area (Å²) in [6, 6.07) is 23.0. The van der Waals surface area contributed by atoms with Crippen molar-refractivity contribution in [3.05, 3.63) is 115 Å². The summed E-state index contributed by atoms with van der Waals surface area (Å²) in [6.07, 6.45) is 9.48. The fourth-order valence-electron chi connectivity index (χ4n) is 4.22. The third kappa shape index (κ3) is 13.0. The van der Waals surface area contributed by atoms with Gasteiger partial charge in [-0.2, -0.15) is 0 Å². The van der Waals surface area contributed by atoms with Gasteiger partial charge in [-0.25, -0.2) is 9.59 Å². The fourth-order valence-corrected chi connectivity index (χ4v) is 4.22. The van der Waals surface area contributed by atoms with Gasteiger partial charge in [-0.3, -0.25) is 4.79 Å². The van der Waals surface area contributed by atoms with Crippen molar-refractivity contribution in [1.29, 1.82) is 0 Å². The first-order valence-electron chi connectivity index (χ1n) is 15.4. The van der Waals surface area contributed by atoms with E-state index in [1.165, 1.54) is 0 Å². The summed E-state index contributed by atoms with van der Waals surface area (Å²) in [5.74, 6) is 0.417. The summed E-state index contributed by atoms with van der Waals surface area (Å²) in [6.45, 7) is 8.16. The number of aliphatic hydroxyl groups excluding tert-OH is 1. The molecule has 0 spiro atoms. The number of ketones is 1. The second kappa shape index (κ2) is 20.2. The number of carbonyl (C=O) groups is 3. The molecule has 0 heterocycles. The van der Waals surface area contributed by atoms with Crippen LogP contribution in [-0.2, 0) is 19.1 Å². The smallest absolute Gasteiger partial charge is 0.335 e. The van der Waals surface area contributed by atoms with Crippen molar-refractivity contribution in [2.24, 2.45) is 0 Å². The van der Waals surface area contributed by atoms with Gasteiger partial charge in [0.25, 0.3) is 0 Å². The van der Waals surface area contributed by atoms with E-state index < -0.39 is 11.9 Å². The highest BCUT2D eigenvalue weighted by Crippen LogP contribution is 2.23. The van der Waals surface area contributed by atoms with E-state index in [9.17, 15) is 14.4 Å². The Morgan fingerprint density at radius 2 is 1.15 bits per heavy atom. The quantitative estimate of drug-likeness (QED) is 0.0574. The number of unbranched alkanes of at least 4 members (excludes halogenated alkanes) is 4. The monoisotopic (exact) mass is 626 g/mol. The Labute approximate surface area is 271 Å². The molecule has 0 aromatic heterocycles. The Morgan fingerprint density at radius 3 is 1.74 bits per heavy atom. The summed E-state index contributed by atoms with van der Waals surface area (Å²) < 4.78 is 21.5. The summed E-state index contributed by atoms with van der Waals surface area (Å²) in [4.78, 5) is 35.1. The average Bonchev–Trinajstić information content (AvgIpc) is 3.09. The van der Waals surface area contributed by atoms with Crippen molar-refractivity contribution < 1.29 is 38.4 Å². The molecule has 0 bridgehead atoms. The van der Waals surface area contributed by atoms with Crippen LogP contribution in [0.3, 0.4) is 0 Å². The van der Waals surface area contributed by atoms with E-state index >= 15 is 0 Å². The fraction of sp³-hybridized carbons (Fsp3) is 0.289. The Bertz CT molecular complexity index is 1440. The summed E-state index contributed by atoms with van der Waals surface area (Å²) in [7, 11) is 0. The molecule has 0 fully saturated rings. The number of rotatable bonds is 21. The minimum Gasteiger partial charge on any atom is -0.494 e. The number of ether oxygens (including phenoxy) is 4. The van der Waals surface area contributed by atoms with Crippen molar-refractivity contribution >= 4 is 23.8 Å². The normalized spacial score (nSPS) is 10.7. The van der Waals surface area contributed by atoms with Crippen molar-refractivity contribution in [2.75, 3.05) is 33.0 Å². The zero-order chi connectivity index (χ0) is 33.0. The molecule has 8 heteroatoms. The van der Waals surface area contributed by atoms with Gasteiger partial charge in [0, 0.05) is 11.6 Å². The SMILES string of the molecule is C=CC(=O)OCCCCOc1ccc(C(=O)/C=C/c2ccc(-c3ccc(OCCCCCCOC(=O)C(=C)CO)cc3)cc2)cc1. The zero-order valence-corrected chi connectivity index (χ0v) is 26.2. The maximum Gasteiger partial charge on any atom is 0.335 e. The van der Waals surface area contributed by atoms with Crippen LogP contribution in [-0.4, -0.2) is 55.9 Å². The minimum atomic E-state index is -0.545. The molecule has 0 saturated carbocycles. The average molecular weight is 627 g/mol. The standard InChI is InChI=1S/C38H42O8/c1-3-37(41)45-26-9-8-25-44-35-21-17-33(18-22-35)36(40)23-12-30-10-13-31(14-11-30)32-15-19-34(20-16-32)43-24-6-4-5-7-27-46-38(42)29(2)28-39/h3,10-23,39H,1-2,4-9,24-28H2/b23-12+. The highest BCUT2D eigenvalue weighted by molar-refractivity contribution is 6.06. The molecule has 242 valence electrons. The number of aliphatic hydroxyl groups is 1. The number of hydrogen-bond acceptors (Lipinski definition) is 8. The van der Waals surface area contributed by atoms with Crippen molar-refractivity contribution in [1.82, 2.24) is 0 Å². The maximum atomic E-state index is 12.7. The highest BCUT2D eigenvalue weighted by Gasteiger charge is 2.07. The Kier molecular flexibility index (Phi) is 15.6. The molecular weight excluding hydrogens is 584 g/mol. The van der Waals surface area contributed by atoms with Crippen molar-refractivity contribution in [3.63, 3.8) is 0 Å². The van der Waals surface area contributed by atoms with Gasteiger partial charge in [0.15, 0.2) is 5.78 Å². The first-order chi connectivity index (χ1) is 22.4. The van der Waals surface area contributed by atoms with Crippen LogP contribution in [0.2, 0.25) is 0 Å². The van der Waals surface area contributed by atoms with Crippen LogP contribution in [0.1, 0.15) is 54.4 Å². The molecule has 0 amide bonds. The minimum absolute atomic E-state index is 0.0698. The largest absolute Gasteiger partial charge is 0.494 e. The first-order valence-corrected chi connectivity index (χ1v) is 15.4. The lowest BCUT2D eigenvalue weighted by Gasteiger charge is -2.08. The Balaban J connectivity index is 1.34. The molecule has 3 rings (SSSR count). The van der Waals surface area contributed by atoms with Crippen LogP contribution in [0.4, 0.5) is 0 Å². The van der Waals surface area contributed by atoms with E-state index in [1.54, 1.807) is 36.4 Å². The van der Waals surface area contributed by atoms with Gasteiger partial charge in [0.1, 0.15) is 11.5 Å². The Morgan fingerprint density at radius 1 is 0.652 bits per heavy atom. The van der Waals surface area contributed by atoms with E-state index in [4.69, 9.17) is 24.1 Å². The van der Waals surface area contributed by atoms with E-state index in [2.05, 4.69) is 13.2 Å². The van der Waals surface area contributed by atoms with Crippen LogP contribution in [0.25, 0.3) is 17.2 Å². The van der Waals surface area contributed by atoms with Gasteiger partial charge in [-0.15, -0.1) is 0 Å². The third-order valence-corrected chi connectivity index (χ3v) is 6.90. The van der Waals surface area contributed by atoms with Crippen molar-refractivity contribution in [3.8, 4) is 22.6 Å². The van der Waals surface area contributed by atoms with E-state index in [-0.39, 0.29) is 18.0 Å². The predicted molar refractivity (Wildman–Crippen MR) is 179 cm³/mol. The van der Waals surface area contributed by atoms with E-state index in [0.717, 1.165) is 60.6 Å². The molecule has 0 saturated heterocycles. The van der Waals surface area contributed by atoms with Crippen LogP contribution < -0.4 is 9.47 Å². The van der Waals surface area contributed by atoms with Gasteiger partial charge in [-0.05, 0) is 97.7 Å². The maximum absolute atomic E-state index is 12.7. The van der Waals surface area contributed by atoms with Gasteiger partial charge >= 0.3 is 11.9 Å². The van der Waals surface area contributed by atoms with E-state index in [1.807, 2.05) is 48.5 Å². The highest BCUT2D eigenvalue weighted by atomic mass is 16.5. The number of benzene rings is 3. The second-order valence-electron chi connectivity index (χ2n) is 10.5. The summed E-state index contributed by atoms with van der Waals surface area (Å²) >= 11 is 0. The van der Waals surface area contributed by atoms with Crippen LogP contribution in [0.5, 0.6) is 11.5 Å². The molecule has 0 atom stereocenters. The van der Waals surface area contributed by atoms with E-state index in [0.29, 0.717) is 44.2 Å². The third-order valence-electron chi connectivity index (χ3n) is 6.90. The molecule has 0 radical (unpaired) electrons. The molecule has 0 unspecified atom stereocenters. The number of hydrogen-bond donors (Lipinski definition) is 1. The first kappa shape index (κ1) is 35.5. The molecule has 46 heavy (non-hydrogen) atoms. The van der Waals surface area contributed by atoms with Crippen LogP contribution >= 0.6 is 0 Å². The molecule has 0 aliphatic rings. The zero-order valence-electron chi connectivity index (χ0n) is 26.2. The second-order valence-corrected chi connectivity index (χ2v) is 10.5. The summed E-state index contributed by atoms with van der Waals surface area (Å²) in [5.41, 5.74) is 3.69. The van der Waals surface area contributed by atoms with Gasteiger partial charge < -0.3 is 24.1 Å². The van der Waals surface area contributed by atoms with Crippen molar-refractivity contribution in [2.45, 2.75) is 38.5 Å². The molecule has 8 nitrogen and oxygen atoms in total. The Hall–Kier alpha value is -4.95. The topological polar surface area (TPSA) is 108 Å². The molecule has 3 aromatic carbocycles.